The lowest BCUT2D eigenvalue weighted by molar-refractivity contribution is -0.137. The number of rotatable bonds is 6. The molecule has 3 N–H and O–H groups in total. The number of anilines is 1. The summed E-state index contributed by atoms with van der Waals surface area (Å²) in [5.74, 6) is -0.281. The number of hydrogen-bond acceptors (Lipinski definition) is 5. The number of halogens is 4. The molecule has 6 nitrogen and oxygen atoms in total. The van der Waals surface area contributed by atoms with Crippen molar-refractivity contribution in [2.75, 3.05) is 12.4 Å². The van der Waals surface area contributed by atoms with E-state index < -0.39 is 33.9 Å². The second-order valence-electron chi connectivity index (χ2n) is 6.91. The fraction of sp³-hybridized carbons (Fsp3) is 0.130. The van der Waals surface area contributed by atoms with Gasteiger partial charge in [-0.25, -0.2) is 9.97 Å². The summed E-state index contributed by atoms with van der Waals surface area (Å²) in [6.07, 6.45) is -0.883. The quantitative estimate of drug-likeness (QED) is 0.413. The highest BCUT2D eigenvalue weighted by molar-refractivity contribution is 6.35. The Morgan fingerprint density at radius 2 is 1.85 bits per heavy atom. The standard InChI is InChI=1S/C23H19ClF3N5O/c1-13-30-12-20(21(31-13)14-6-4-3-5-7-14)32-22(33)16-10-15(19(28)8-9-29-2)17(11-18(16)24)23(25,26)27/h3-12,28-29H,1-2H3,(H,32,33)/b9-8-,28-19?. The van der Waals surface area contributed by atoms with Crippen molar-refractivity contribution in [2.45, 2.75) is 13.1 Å². The van der Waals surface area contributed by atoms with E-state index in [1.807, 2.05) is 18.2 Å². The molecule has 1 amide bonds. The normalized spacial score (nSPS) is 11.5. The molecule has 0 saturated heterocycles. The Kier molecular flexibility index (Phi) is 7.13. The molecule has 0 aliphatic carbocycles. The van der Waals surface area contributed by atoms with Crippen LogP contribution in [0.5, 0.6) is 0 Å². The van der Waals surface area contributed by atoms with Gasteiger partial charge in [0.2, 0.25) is 0 Å². The van der Waals surface area contributed by atoms with E-state index in [0.717, 1.165) is 17.7 Å². The monoisotopic (exact) mass is 473 g/mol. The minimum atomic E-state index is -4.76. The molecule has 0 atom stereocenters. The molecule has 0 bridgehead atoms. The highest BCUT2D eigenvalue weighted by Gasteiger charge is 2.35. The minimum absolute atomic E-state index is 0.220. The van der Waals surface area contributed by atoms with Gasteiger partial charge in [0.1, 0.15) is 5.82 Å². The maximum atomic E-state index is 13.6. The van der Waals surface area contributed by atoms with E-state index in [-0.39, 0.29) is 11.3 Å². The lowest BCUT2D eigenvalue weighted by atomic mass is 9.98. The van der Waals surface area contributed by atoms with Gasteiger partial charge in [0.15, 0.2) is 0 Å². The maximum absolute atomic E-state index is 13.6. The molecule has 0 fully saturated rings. The first-order valence-corrected chi connectivity index (χ1v) is 10.0. The molecule has 0 unspecified atom stereocenters. The molecule has 3 aromatic rings. The number of benzene rings is 2. The smallest absolute Gasteiger partial charge is 0.394 e. The topological polar surface area (TPSA) is 90.8 Å². The summed E-state index contributed by atoms with van der Waals surface area (Å²) in [7, 11) is 1.54. The van der Waals surface area contributed by atoms with Crippen molar-refractivity contribution in [3.05, 3.63) is 88.5 Å². The lowest BCUT2D eigenvalue weighted by Gasteiger charge is -2.16. The fourth-order valence-corrected chi connectivity index (χ4v) is 3.28. The SMILES string of the molecule is CN/C=C\C(=N)c1cc(C(=O)Nc2cnc(C)nc2-c2ccccc2)c(Cl)cc1C(F)(F)F. The summed E-state index contributed by atoms with van der Waals surface area (Å²) in [5.41, 5.74) is -0.821. The third-order valence-corrected chi connectivity index (χ3v) is 4.88. The Morgan fingerprint density at radius 1 is 1.15 bits per heavy atom. The Morgan fingerprint density at radius 3 is 2.48 bits per heavy atom. The molecule has 1 heterocycles. The van der Waals surface area contributed by atoms with E-state index in [1.54, 1.807) is 26.1 Å². The summed E-state index contributed by atoms with van der Waals surface area (Å²) in [5, 5.41) is 12.9. The second kappa shape index (κ2) is 9.83. The van der Waals surface area contributed by atoms with Crippen molar-refractivity contribution >= 4 is 28.9 Å². The Balaban J connectivity index is 2.05. The van der Waals surface area contributed by atoms with Gasteiger partial charge in [-0.15, -0.1) is 0 Å². The Hall–Kier alpha value is -3.72. The van der Waals surface area contributed by atoms with Crippen LogP contribution in [0.15, 0.2) is 60.9 Å². The summed E-state index contributed by atoms with van der Waals surface area (Å²) >= 11 is 6.07. The number of allylic oxidation sites excluding steroid dienone is 1. The van der Waals surface area contributed by atoms with E-state index in [2.05, 4.69) is 20.6 Å². The summed E-state index contributed by atoms with van der Waals surface area (Å²) in [6.45, 7) is 1.70. The molecular formula is C23H19ClF3N5O. The molecule has 0 radical (unpaired) electrons. The highest BCUT2D eigenvalue weighted by atomic mass is 35.5. The first kappa shape index (κ1) is 23.9. The van der Waals surface area contributed by atoms with E-state index in [4.69, 9.17) is 17.0 Å². The van der Waals surface area contributed by atoms with Crippen LogP contribution in [0.1, 0.15) is 27.3 Å². The zero-order valence-electron chi connectivity index (χ0n) is 17.6. The van der Waals surface area contributed by atoms with Gasteiger partial charge in [0, 0.05) is 18.2 Å². The van der Waals surface area contributed by atoms with Gasteiger partial charge in [0.05, 0.1) is 39.4 Å². The predicted octanol–water partition coefficient (Wildman–Crippen LogP) is 5.48. The van der Waals surface area contributed by atoms with E-state index in [0.29, 0.717) is 17.6 Å². The molecular weight excluding hydrogens is 455 g/mol. The van der Waals surface area contributed by atoms with Crippen LogP contribution in [0.4, 0.5) is 18.9 Å². The van der Waals surface area contributed by atoms with E-state index >= 15 is 0 Å². The number of alkyl halides is 3. The fourth-order valence-electron chi connectivity index (χ4n) is 3.03. The molecule has 0 spiro atoms. The zero-order valence-corrected chi connectivity index (χ0v) is 18.3. The van der Waals surface area contributed by atoms with Crippen molar-refractivity contribution in [1.82, 2.24) is 15.3 Å². The summed E-state index contributed by atoms with van der Waals surface area (Å²) in [4.78, 5) is 21.5. The number of hydrogen-bond donors (Lipinski definition) is 3. The molecule has 3 rings (SSSR count). The number of aryl methyl sites for hydroxylation is 1. The molecule has 0 saturated carbocycles. The van der Waals surface area contributed by atoms with Gasteiger partial charge in [-0.1, -0.05) is 41.9 Å². The molecule has 10 heteroatoms. The van der Waals surface area contributed by atoms with Crippen LogP contribution in [-0.4, -0.2) is 28.6 Å². The van der Waals surface area contributed by atoms with Crippen LogP contribution in [0.2, 0.25) is 5.02 Å². The van der Waals surface area contributed by atoms with Crippen molar-refractivity contribution in [3.8, 4) is 11.3 Å². The average Bonchev–Trinajstić information content (AvgIpc) is 2.78. The summed E-state index contributed by atoms with van der Waals surface area (Å²) < 4.78 is 40.7. The van der Waals surface area contributed by atoms with Crippen molar-refractivity contribution in [2.24, 2.45) is 0 Å². The number of aromatic nitrogens is 2. The van der Waals surface area contributed by atoms with Gasteiger partial charge in [-0.2, -0.15) is 13.2 Å². The first-order valence-electron chi connectivity index (χ1n) is 9.65. The number of nitrogens with zero attached hydrogens (tertiary/aromatic N) is 2. The molecule has 0 aliphatic heterocycles. The molecule has 33 heavy (non-hydrogen) atoms. The number of amides is 1. The van der Waals surface area contributed by atoms with Crippen LogP contribution in [-0.2, 0) is 6.18 Å². The third kappa shape index (κ3) is 5.56. The molecule has 170 valence electrons. The van der Waals surface area contributed by atoms with Crippen LogP contribution >= 0.6 is 11.6 Å². The molecule has 0 aliphatic rings. The lowest BCUT2D eigenvalue weighted by Crippen LogP contribution is -2.18. The van der Waals surface area contributed by atoms with Crippen molar-refractivity contribution in [1.29, 1.82) is 5.41 Å². The van der Waals surface area contributed by atoms with Crippen molar-refractivity contribution in [3.63, 3.8) is 0 Å². The van der Waals surface area contributed by atoms with Crippen LogP contribution in [0.25, 0.3) is 11.3 Å². The molecule has 2 aromatic carbocycles. The Bertz CT molecular complexity index is 1230. The highest BCUT2D eigenvalue weighted by Crippen LogP contribution is 2.36. The van der Waals surface area contributed by atoms with Crippen LogP contribution in [0, 0.1) is 12.3 Å². The summed E-state index contributed by atoms with van der Waals surface area (Å²) in [6, 6.07) is 10.7. The largest absolute Gasteiger partial charge is 0.417 e. The van der Waals surface area contributed by atoms with Gasteiger partial charge < -0.3 is 16.0 Å². The van der Waals surface area contributed by atoms with Gasteiger partial charge >= 0.3 is 6.18 Å². The van der Waals surface area contributed by atoms with E-state index in [1.165, 1.54) is 12.4 Å². The minimum Gasteiger partial charge on any atom is -0.394 e. The second-order valence-corrected chi connectivity index (χ2v) is 7.32. The number of carbonyl (C=O) groups is 1. The van der Waals surface area contributed by atoms with E-state index in [9.17, 15) is 18.0 Å². The third-order valence-electron chi connectivity index (χ3n) is 4.57. The molecule has 1 aromatic heterocycles. The van der Waals surface area contributed by atoms with Crippen LogP contribution in [0.3, 0.4) is 0 Å². The van der Waals surface area contributed by atoms with Gasteiger partial charge in [-0.05, 0) is 31.3 Å². The first-order chi connectivity index (χ1) is 15.6. The number of nitrogens with one attached hydrogen (secondary N) is 3. The van der Waals surface area contributed by atoms with Crippen molar-refractivity contribution < 1.29 is 18.0 Å². The average molecular weight is 474 g/mol. The predicted molar refractivity (Wildman–Crippen MR) is 122 cm³/mol. The Labute approximate surface area is 193 Å². The maximum Gasteiger partial charge on any atom is 0.417 e. The number of carbonyl (C=O) groups excluding carboxylic acids is 1. The van der Waals surface area contributed by atoms with Gasteiger partial charge in [-0.3, -0.25) is 4.79 Å². The van der Waals surface area contributed by atoms with Crippen LogP contribution < -0.4 is 10.6 Å². The van der Waals surface area contributed by atoms with Gasteiger partial charge in [0.25, 0.3) is 5.91 Å². The zero-order chi connectivity index (χ0) is 24.2.